The Morgan fingerprint density at radius 3 is 2.40 bits per heavy atom. The number of hydrogen-bond acceptors (Lipinski definition) is 1. The molecule has 0 aliphatic carbocycles. The molecule has 0 aliphatic rings. The van der Waals surface area contributed by atoms with Gasteiger partial charge in [0.25, 0.3) is 0 Å². The highest BCUT2D eigenvalue weighted by Gasteiger charge is 2.04. The van der Waals surface area contributed by atoms with E-state index in [9.17, 15) is 4.39 Å². The van der Waals surface area contributed by atoms with Crippen molar-refractivity contribution >= 4 is 10.8 Å². The lowest BCUT2D eigenvalue weighted by atomic mass is 10.0. The molecule has 0 N–H and O–H groups in total. The molecule has 0 aliphatic heterocycles. The molecule has 0 spiro atoms. The highest BCUT2D eigenvalue weighted by atomic mass is 19.1. The van der Waals surface area contributed by atoms with Crippen LogP contribution >= 0.6 is 0 Å². The van der Waals surface area contributed by atoms with E-state index in [4.69, 9.17) is 0 Å². The Kier molecular flexibility index (Phi) is 3.78. The second-order valence-electron chi connectivity index (χ2n) is 3.23. The molecule has 0 saturated carbocycles. The van der Waals surface area contributed by atoms with Crippen LogP contribution < -0.4 is 0 Å². The molecule has 15 heavy (non-hydrogen) atoms. The van der Waals surface area contributed by atoms with Crippen molar-refractivity contribution in [3.05, 3.63) is 41.5 Å². The molecule has 2 rings (SSSR count). The summed E-state index contributed by atoms with van der Waals surface area (Å²) in [4.78, 5) is 4.06. The van der Waals surface area contributed by atoms with Crippen molar-refractivity contribution in [2.75, 3.05) is 0 Å². The van der Waals surface area contributed by atoms with Crippen LogP contribution in [-0.4, -0.2) is 4.98 Å². The van der Waals surface area contributed by atoms with Crippen molar-refractivity contribution in [1.29, 1.82) is 0 Å². The van der Waals surface area contributed by atoms with E-state index in [1.807, 2.05) is 20.8 Å². The average molecular weight is 205 g/mol. The molecule has 2 heteroatoms. The van der Waals surface area contributed by atoms with Crippen LogP contribution in [-0.2, 0) is 0 Å². The first-order chi connectivity index (χ1) is 7.20. The second kappa shape index (κ2) is 4.87. The molecule has 0 unspecified atom stereocenters. The zero-order chi connectivity index (χ0) is 11.4. The SMILES string of the molecule is CC.Cc1cncc2ccc(F)c(C)c12. The summed E-state index contributed by atoms with van der Waals surface area (Å²) in [6.07, 6.45) is 3.52. The van der Waals surface area contributed by atoms with Gasteiger partial charge in [0.2, 0.25) is 0 Å². The summed E-state index contributed by atoms with van der Waals surface area (Å²) < 4.78 is 13.2. The van der Waals surface area contributed by atoms with Crippen molar-refractivity contribution in [2.24, 2.45) is 0 Å². The molecule has 1 heterocycles. The van der Waals surface area contributed by atoms with Crippen molar-refractivity contribution in [3.63, 3.8) is 0 Å². The quantitative estimate of drug-likeness (QED) is 0.633. The third-order valence-electron chi connectivity index (χ3n) is 2.31. The second-order valence-corrected chi connectivity index (χ2v) is 3.23. The lowest BCUT2D eigenvalue weighted by molar-refractivity contribution is 0.621. The maximum absolute atomic E-state index is 13.2. The summed E-state index contributed by atoms with van der Waals surface area (Å²) in [6.45, 7) is 7.74. The van der Waals surface area contributed by atoms with Crippen LogP contribution in [0.15, 0.2) is 24.5 Å². The number of fused-ring (bicyclic) bond motifs is 1. The van der Waals surface area contributed by atoms with E-state index in [1.54, 1.807) is 25.4 Å². The summed E-state index contributed by atoms with van der Waals surface area (Å²) in [7, 11) is 0. The predicted octanol–water partition coefficient (Wildman–Crippen LogP) is 4.02. The zero-order valence-electron chi connectivity index (χ0n) is 9.63. The predicted molar refractivity (Wildman–Crippen MR) is 62.5 cm³/mol. The van der Waals surface area contributed by atoms with E-state index in [1.165, 1.54) is 6.07 Å². The zero-order valence-corrected chi connectivity index (χ0v) is 9.63. The van der Waals surface area contributed by atoms with Gasteiger partial charge in [0.1, 0.15) is 5.82 Å². The lowest BCUT2D eigenvalue weighted by Gasteiger charge is -2.05. The van der Waals surface area contributed by atoms with E-state index in [0.717, 1.165) is 16.3 Å². The molecule has 1 nitrogen and oxygen atoms in total. The fourth-order valence-electron chi connectivity index (χ4n) is 1.63. The van der Waals surface area contributed by atoms with Crippen LogP contribution in [0.3, 0.4) is 0 Å². The van der Waals surface area contributed by atoms with Gasteiger partial charge in [-0.1, -0.05) is 13.8 Å². The third kappa shape index (κ3) is 2.14. The highest BCUT2D eigenvalue weighted by Crippen LogP contribution is 2.22. The smallest absolute Gasteiger partial charge is 0.126 e. The molecule has 0 saturated heterocycles. The number of halogens is 1. The Hall–Kier alpha value is -1.44. The molecule has 1 aromatic heterocycles. The van der Waals surface area contributed by atoms with E-state index in [0.29, 0.717) is 5.56 Å². The number of aromatic nitrogens is 1. The number of benzene rings is 1. The summed E-state index contributed by atoms with van der Waals surface area (Å²) in [5.41, 5.74) is 1.73. The average Bonchev–Trinajstić information content (AvgIpc) is 2.26. The normalized spacial score (nSPS) is 9.67. The largest absolute Gasteiger partial charge is 0.264 e. The Labute approximate surface area is 90.0 Å². The number of rotatable bonds is 0. The first-order valence-electron chi connectivity index (χ1n) is 5.19. The van der Waals surface area contributed by atoms with E-state index in [2.05, 4.69) is 4.98 Å². The molecule has 0 fully saturated rings. The van der Waals surface area contributed by atoms with Gasteiger partial charge in [-0.05, 0) is 42.5 Å². The molecule has 0 amide bonds. The van der Waals surface area contributed by atoms with Crippen LogP contribution in [0.25, 0.3) is 10.8 Å². The van der Waals surface area contributed by atoms with Gasteiger partial charge in [0.05, 0.1) is 0 Å². The van der Waals surface area contributed by atoms with Crippen LogP contribution in [0.2, 0.25) is 0 Å². The Balaban J connectivity index is 0.000000531. The minimum atomic E-state index is -0.151. The molecule has 80 valence electrons. The van der Waals surface area contributed by atoms with Gasteiger partial charge < -0.3 is 0 Å². The van der Waals surface area contributed by atoms with E-state index < -0.39 is 0 Å². The van der Waals surface area contributed by atoms with Gasteiger partial charge in [0, 0.05) is 17.8 Å². The summed E-state index contributed by atoms with van der Waals surface area (Å²) in [6, 6.07) is 3.25. The molecule has 0 radical (unpaired) electrons. The number of aryl methyl sites for hydroxylation is 2. The third-order valence-corrected chi connectivity index (χ3v) is 2.31. The molecule has 0 bridgehead atoms. The Morgan fingerprint density at radius 2 is 1.73 bits per heavy atom. The van der Waals surface area contributed by atoms with E-state index >= 15 is 0 Å². The standard InChI is InChI=1S/C11H10FN.C2H6/c1-7-5-13-6-9-3-4-10(12)8(2)11(7)9;1-2/h3-6H,1-2H3;1-2H3. The molecule has 2 aromatic rings. The monoisotopic (exact) mass is 205 g/mol. The molecule has 1 aromatic carbocycles. The minimum absolute atomic E-state index is 0.151. The van der Waals surface area contributed by atoms with E-state index in [-0.39, 0.29) is 5.82 Å². The van der Waals surface area contributed by atoms with Gasteiger partial charge in [-0.15, -0.1) is 0 Å². The number of nitrogens with zero attached hydrogens (tertiary/aromatic N) is 1. The molecule has 0 atom stereocenters. The van der Waals surface area contributed by atoms with Crippen molar-refractivity contribution in [2.45, 2.75) is 27.7 Å². The van der Waals surface area contributed by atoms with Crippen molar-refractivity contribution in [3.8, 4) is 0 Å². The maximum atomic E-state index is 13.2. The van der Waals surface area contributed by atoms with Crippen molar-refractivity contribution in [1.82, 2.24) is 4.98 Å². The summed E-state index contributed by atoms with van der Waals surface area (Å²) >= 11 is 0. The topological polar surface area (TPSA) is 12.9 Å². The Bertz CT molecular complexity index is 463. The first kappa shape index (κ1) is 11.6. The van der Waals surface area contributed by atoms with Crippen LogP contribution in [0.4, 0.5) is 4.39 Å². The van der Waals surface area contributed by atoms with Crippen LogP contribution in [0.5, 0.6) is 0 Å². The number of hydrogen-bond donors (Lipinski definition) is 0. The first-order valence-corrected chi connectivity index (χ1v) is 5.19. The van der Waals surface area contributed by atoms with Gasteiger partial charge >= 0.3 is 0 Å². The fraction of sp³-hybridized carbons (Fsp3) is 0.308. The summed E-state index contributed by atoms with van der Waals surface area (Å²) in [5.74, 6) is -0.151. The van der Waals surface area contributed by atoms with Gasteiger partial charge in [-0.2, -0.15) is 0 Å². The summed E-state index contributed by atoms with van der Waals surface area (Å²) in [5, 5.41) is 1.98. The van der Waals surface area contributed by atoms with Gasteiger partial charge in [0.15, 0.2) is 0 Å². The van der Waals surface area contributed by atoms with Crippen LogP contribution in [0.1, 0.15) is 25.0 Å². The lowest BCUT2D eigenvalue weighted by Crippen LogP contribution is -1.88. The van der Waals surface area contributed by atoms with Crippen molar-refractivity contribution < 1.29 is 4.39 Å². The molecular formula is C13H16FN. The minimum Gasteiger partial charge on any atom is -0.264 e. The highest BCUT2D eigenvalue weighted by molar-refractivity contribution is 5.87. The fourth-order valence-corrected chi connectivity index (χ4v) is 1.63. The molecular weight excluding hydrogens is 189 g/mol. The number of pyridine rings is 1. The van der Waals surface area contributed by atoms with Gasteiger partial charge in [-0.25, -0.2) is 4.39 Å². The maximum Gasteiger partial charge on any atom is 0.126 e. The van der Waals surface area contributed by atoms with Crippen LogP contribution in [0, 0.1) is 19.7 Å². The Morgan fingerprint density at radius 1 is 1.07 bits per heavy atom. The van der Waals surface area contributed by atoms with Gasteiger partial charge in [-0.3, -0.25) is 4.98 Å².